The van der Waals surface area contributed by atoms with E-state index in [1.165, 1.54) is 0 Å². The van der Waals surface area contributed by atoms with Crippen LogP contribution in [0.1, 0.15) is 6.42 Å². The molecular formula is C19H16ClN5O. The highest BCUT2D eigenvalue weighted by molar-refractivity contribution is 6.34. The molecule has 0 atom stereocenters. The van der Waals surface area contributed by atoms with Crippen molar-refractivity contribution in [2.24, 2.45) is 0 Å². The Bertz CT molecular complexity index is 1040. The third kappa shape index (κ3) is 3.32. The van der Waals surface area contributed by atoms with Crippen molar-refractivity contribution in [3.05, 3.63) is 72.1 Å². The van der Waals surface area contributed by atoms with E-state index in [2.05, 4.69) is 15.5 Å². The number of fused-ring (bicyclic) bond motifs is 1. The molecule has 4 aromatic rings. The average molecular weight is 366 g/mol. The van der Waals surface area contributed by atoms with Gasteiger partial charge in [0.2, 0.25) is 5.91 Å². The number of hydrogen-bond acceptors (Lipinski definition) is 3. The maximum Gasteiger partial charge on any atom is 0.226 e. The largest absolute Gasteiger partial charge is 0.326 e. The SMILES string of the molecule is O=C(CCn1nc(Cl)c2ccccc21)Nc1ccc(-n2cccn2)cc1. The summed E-state index contributed by atoms with van der Waals surface area (Å²) in [5.74, 6) is -0.0763. The fourth-order valence-electron chi connectivity index (χ4n) is 2.81. The minimum Gasteiger partial charge on any atom is -0.326 e. The molecule has 0 aliphatic carbocycles. The van der Waals surface area contributed by atoms with Crippen molar-refractivity contribution < 1.29 is 4.79 Å². The van der Waals surface area contributed by atoms with Crippen molar-refractivity contribution in [3.63, 3.8) is 0 Å². The Labute approximate surface area is 155 Å². The number of carbonyl (C=O) groups excluding carboxylic acids is 1. The number of aromatic nitrogens is 4. The summed E-state index contributed by atoms with van der Waals surface area (Å²) < 4.78 is 3.52. The van der Waals surface area contributed by atoms with E-state index < -0.39 is 0 Å². The predicted molar refractivity (Wildman–Crippen MR) is 102 cm³/mol. The molecule has 130 valence electrons. The monoisotopic (exact) mass is 365 g/mol. The van der Waals surface area contributed by atoms with Gasteiger partial charge in [-0.1, -0.05) is 23.7 Å². The summed E-state index contributed by atoms with van der Waals surface area (Å²) in [4.78, 5) is 12.2. The Kier molecular flexibility index (Phi) is 4.41. The standard InChI is InChI=1S/C19H16ClN5O/c20-19-16-4-1-2-5-17(16)25(23-19)13-10-18(26)22-14-6-8-15(9-7-14)24-12-3-11-21-24/h1-9,11-12H,10,13H2,(H,22,26). The summed E-state index contributed by atoms with van der Waals surface area (Å²) in [6, 6.07) is 17.1. The van der Waals surface area contributed by atoms with Crippen LogP contribution in [0.3, 0.4) is 0 Å². The molecule has 7 heteroatoms. The number of amides is 1. The molecule has 6 nitrogen and oxygen atoms in total. The summed E-state index contributed by atoms with van der Waals surface area (Å²) in [7, 11) is 0. The third-order valence-corrected chi connectivity index (χ3v) is 4.36. The highest BCUT2D eigenvalue weighted by Crippen LogP contribution is 2.22. The fourth-order valence-corrected chi connectivity index (χ4v) is 3.06. The number of halogens is 1. The van der Waals surface area contributed by atoms with Gasteiger partial charge in [0.1, 0.15) is 0 Å². The molecule has 0 spiro atoms. The van der Waals surface area contributed by atoms with E-state index in [4.69, 9.17) is 11.6 Å². The van der Waals surface area contributed by atoms with Gasteiger partial charge >= 0.3 is 0 Å². The number of nitrogens with one attached hydrogen (secondary N) is 1. The number of carbonyl (C=O) groups is 1. The van der Waals surface area contributed by atoms with Gasteiger partial charge in [-0.15, -0.1) is 0 Å². The molecule has 2 heterocycles. The van der Waals surface area contributed by atoms with E-state index in [0.29, 0.717) is 18.1 Å². The van der Waals surface area contributed by atoms with Crippen LogP contribution in [0.4, 0.5) is 5.69 Å². The zero-order chi connectivity index (χ0) is 17.9. The zero-order valence-corrected chi connectivity index (χ0v) is 14.6. The lowest BCUT2D eigenvalue weighted by Crippen LogP contribution is -2.15. The quantitative estimate of drug-likeness (QED) is 0.583. The van der Waals surface area contributed by atoms with Crippen LogP contribution in [-0.4, -0.2) is 25.5 Å². The van der Waals surface area contributed by atoms with Crippen LogP contribution in [0.2, 0.25) is 5.15 Å². The second kappa shape index (κ2) is 7.01. The van der Waals surface area contributed by atoms with Crippen LogP contribution < -0.4 is 5.32 Å². The van der Waals surface area contributed by atoms with Crippen molar-refractivity contribution in [1.29, 1.82) is 0 Å². The summed E-state index contributed by atoms with van der Waals surface area (Å²) in [6.07, 6.45) is 3.90. The predicted octanol–water partition coefficient (Wildman–Crippen LogP) is 3.90. The Morgan fingerprint density at radius 2 is 1.88 bits per heavy atom. The average Bonchev–Trinajstić information content (AvgIpc) is 3.30. The smallest absolute Gasteiger partial charge is 0.226 e. The Hall–Kier alpha value is -3.12. The first kappa shape index (κ1) is 16.4. The Morgan fingerprint density at radius 3 is 2.65 bits per heavy atom. The van der Waals surface area contributed by atoms with Crippen molar-refractivity contribution in [1.82, 2.24) is 19.6 Å². The van der Waals surface area contributed by atoms with E-state index in [-0.39, 0.29) is 5.91 Å². The van der Waals surface area contributed by atoms with Crippen molar-refractivity contribution in [3.8, 4) is 5.69 Å². The molecule has 2 aromatic carbocycles. The van der Waals surface area contributed by atoms with Crippen LogP contribution >= 0.6 is 11.6 Å². The lowest BCUT2D eigenvalue weighted by Gasteiger charge is -2.07. The highest BCUT2D eigenvalue weighted by Gasteiger charge is 2.10. The first-order valence-corrected chi connectivity index (χ1v) is 8.59. The maximum atomic E-state index is 12.2. The first-order chi connectivity index (χ1) is 12.7. The number of para-hydroxylation sites is 1. The summed E-state index contributed by atoms with van der Waals surface area (Å²) in [6.45, 7) is 0.463. The van der Waals surface area contributed by atoms with E-state index in [9.17, 15) is 4.79 Å². The first-order valence-electron chi connectivity index (χ1n) is 8.22. The molecule has 0 saturated carbocycles. The second-order valence-electron chi connectivity index (χ2n) is 5.83. The third-order valence-electron chi connectivity index (χ3n) is 4.08. The molecular weight excluding hydrogens is 350 g/mol. The van der Waals surface area contributed by atoms with Gasteiger partial charge in [-0.05, 0) is 42.5 Å². The zero-order valence-electron chi connectivity index (χ0n) is 13.8. The van der Waals surface area contributed by atoms with Crippen LogP contribution in [0.15, 0.2) is 67.0 Å². The van der Waals surface area contributed by atoms with E-state index in [0.717, 1.165) is 22.3 Å². The molecule has 1 N–H and O–H groups in total. The van der Waals surface area contributed by atoms with Gasteiger partial charge in [-0.3, -0.25) is 9.48 Å². The van der Waals surface area contributed by atoms with Crippen LogP contribution in [-0.2, 0) is 11.3 Å². The van der Waals surface area contributed by atoms with Crippen LogP contribution in [0.5, 0.6) is 0 Å². The lowest BCUT2D eigenvalue weighted by molar-refractivity contribution is -0.116. The van der Waals surface area contributed by atoms with Gasteiger partial charge < -0.3 is 5.32 Å². The van der Waals surface area contributed by atoms with Gasteiger partial charge in [0.25, 0.3) is 0 Å². The van der Waals surface area contributed by atoms with Gasteiger partial charge in [0, 0.05) is 29.9 Å². The molecule has 0 bridgehead atoms. The molecule has 0 aliphatic heterocycles. The lowest BCUT2D eigenvalue weighted by atomic mass is 10.2. The molecule has 0 unspecified atom stereocenters. The van der Waals surface area contributed by atoms with E-state index >= 15 is 0 Å². The number of rotatable bonds is 5. The minimum atomic E-state index is -0.0763. The number of nitrogens with zero attached hydrogens (tertiary/aromatic N) is 4. The van der Waals surface area contributed by atoms with Gasteiger partial charge in [-0.2, -0.15) is 10.2 Å². The molecule has 0 aliphatic rings. The van der Waals surface area contributed by atoms with Gasteiger partial charge in [0.15, 0.2) is 5.15 Å². The summed E-state index contributed by atoms with van der Waals surface area (Å²) in [5.41, 5.74) is 2.61. The van der Waals surface area contributed by atoms with E-state index in [1.807, 2.05) is 60.8 Å². The maximum absolute atomic E-state index is 12.2. The molecule has 2 aromatic heterocycles. The van der Waals surface area contributed by atoms with E-state index in [1.54, 1.807) is 15.6 Å². The van der Waals surface area contributed by atoms with Crippen molar-refractivity contribution in [2.75, 3.05) is 5.32 Å². The fraction of sp³-hybridized carbons (Fsp3) is 0.105. The Morgan fingerprint density at radius 1 is 1.08 bits per heavy atom. The molecule has 4 rings (SSSR count). The van der Waals surface area contributed by atoms with Gasteiger partial charge in [-0.25, -0.2) is 4.68 Å². The molecule has 0 radical (unpaired) electrons. The summed E-state index contributed by atoms with van der Waals surface area (Å²) in [5, 5.41) is 12.7. The van der Waals surface area contributed by atoms with Crippen LogP contribution in [0.25, 0.3) is 16.6 Å². The Balaban J connectivity index is 1.39. The second-order valence-corrected chi connectivity index (χ2v) is 6.18. The number of aryl methyl sites for hydroxylation is 1. The molecule has 26 heavy (non-hydrogen) atoms. The molecule has 1 amide bonds. The molecule has 0 fully saturated rings. The highest BCUT2D eigenvalue weighted by atomic mass is 35.5. The topological polar surface area (TPSA) is 64.7 Å². The van der Waals surface area contributed by atoms with Crippen molar-refractivity contribution >= 4 is 34.1 Å². The normalized spacial score (nSPS) is 11.0. The summed E-state index contributed by atoms with van der Waals surface area (Å²) >= 11 is 6.14. The molecule has 0 saturated heterocycles. The van der Waals surface area contributed by atoms with Crippen LogP contribution in [0, 0.1) is 0 Å². The number of hydrogen-bond donors (Lipinski definition) is 1. The minimum absolute atomic E-state index is 0.0763. The number of anilines is 1. The van der Waals surface area contributed by atoms with Crippen molar-refractivity contribution in [2.45, 2.75) is 13.0 Å². The number of benzene rings is 2. The van der Waals surface area contributed by atoms with Gasteiger partial charge in [0.05, 0.1) is 17.7 Å².